The highest BCUT2D eigenvalue weighted by molar-refractivity contribution is 5.68. The van der Waals surface area contributed by atoms with Crippen LogP contribution in [0.15, 0.2) is 0 Å². The van der Waals surface area contributed by atoms with Crippen LogP contribution in [0.1, 0.15) is 52.9 Å². The third kappa shape index (κ3) is 2.69. The maximum Gasteiger partial charge on any atom is 0.407 e. The summed E-state index contributed by atoms with van der Waals surface area (Å²) in [7, 11) is 0. The van der Waals surface area contributed by atoms with E-state index < -0.39 is 5.60 Å². The van der Waals surface area contributed by atoms with Crippen LogP contribution in [0.2, 0.25) is 0 Å². The van der Waals surface area contributed by atoms with Crippen LogP contribution in [-0.2, 0) is 4.74 Å². The summed E-state index contributed by atoms with van der Waals surface area (Å²) in [5.74, 6) is 1.40. The highest BCUT2D eigenvalue weighted by Gasteiger charge is 2.40. The molecular weight excluding hydrogens is 202 g/mol. The lowest BCUT2D eigenvalue weighted by Gasteiger charge is -2.31. The van der Waals surface area contributed by atoms with Gasteiger partial charge in [0.05, 0.1) is 0 Å². The minimum absolute atomic E-state index is 0.240. The van der Waals surface area contributed by atoms with E-state index in [1.165, 1.54) is 32.1 Å². The molecule has 1 amide bonds. The van der Waals surface area contributed by atoms with E-state index in [1.54, 1.807) is 0 Å². The van der Waals surface area contributed by atoms with E-state index in [9.17, 15) is 4.79 Å². The fourth-order valence-electron chi connectivity index (χ4n) is 3.14. The first-order chi connectivity index (χ1) is 7.46. The van der Waals surface area contributed by atoms with E-state index in [0.717, 1.165) is 0 Å². The molecule has 2 saturated carbocycles. The van der Waals surface area contributed by atoms with Gasteiger partial charge in [-0.2, -0.15) is 0 Å². The molecule has 2 rings (SSSR count). The zero-order valence-electron chi connectivity index (χ0n) is 10.6. The van der Waals surface area contributed by atoms with E-state index >= 15 is 0 Å². The van der Waals surface area contributed by atoms with Gasteiger partial charge in [0.1, 0.15) is 5.60 Å². The molecule has 0 aliphatic heterocycles. The van der Waals surface area contributed by atoms with Crippen LogP contribution in [0.25, 0.3) is 0 Å². The number of ether oxygens (including phenoxy) is 1. The maximum atomic E-state index is 11.7. The molecule has 2 aliphatic rings. The number of hydrogen-bond donors (Lipinski definition) is 1. The summed E-state index contributed by atoms with van der Waals surface area (Å²) >= 11 is 0. The van der Waals surface area contributed by atoms with Crippen molar-refractivity contribution < 1.29 is 9.53 Å². The Kier molecular flexibility index (Phi) is 3.13. The van der Waals surface area contributed by atoms with Crippen LogP contribution in [0, 0.1) is 11.8 Å². The van der Waals surface area contributed by atoms with Crippen molar-refractivity contribution in [1.29, 1.82) is 0 Å². The van der Waals surface area contributed by atoms with Crippen molar-refractivity contribution in [1.82, 2.24) is 5.32 Å². The molecule has 0 aromatic carbocycles. The third-order valence-corrected chi connectivity index (χ3v) is 3.76. The van der Waals surface area contributed by atoms with Gasteiger partial charge in [-0.05, 0) is 58.3 Å². The third-order valence-electron chi connectivity index (χ3n) is 3.76. The Balaban J connectivity index is 1.88. The van der Waals surface area contributed by atoms with Gasteiger partial charge < -0.3 is 10.1 Å². The first-order valence-corrected chi connectivity index (χ1v) is 6.45. The zero-order chi connectivity index (χ0) is 11.8. The van der Waals surface area contributed by atoms with Crippen molar-refractivity contribution in [3.8, 4) is 0 Å². The molecule has 2 fully saturated rings. The quantitative estimate of drug-likeness (QED) is 0.744. The number of hydrogen-bond acceptors (Lipinski definition) is 2. The Morgan fingerprint density at radius 2 is 1.69 bits per heavy atom. The summed E-state index contributed by atoms with van der Waals surface area (Å²) in [4.78, 5) is 11.7. The molecule has 0 heterocycles. The normalized spacial score (nSPS) is 33.6. The molecule has 1 N–H and O–H groups in total. The highest BCUT2D eigenvalue weighted by Crippen LogP contribution is 2.42. The molecule has 1 unspecified atom stereocenters. The van der Waals surface area contributed by atoms with Crippen molar-refractivity contribution in [3.63, 3.8) is 0 Å². The van der Waals surface area contributed by atoms with Gasteiger partial charge >= 0.3 is 6.09 Å². The summed E-state index contributed by atoms with van der Waals surface area (Å²) in [6.45, 7) is 5.71. The second kappa shape index (κ2) is 4.27. The minimum atomic E-state index is -0.391. The van der Waals surface area contributed by atoms with Gasteiger partial charge in [0.15, 0.2) is 0 Å². The Morgan fingerprint density at radius 1 is 1.12 bits per heavy atom. The Labute approximate surface area is 97.9 Å². The summed E-state index contributed by atoms with van der Waals surface area (Å²) in [5.41, 5.74) is -0.391. The molecule has 2 bridgehead atoms. The van der Waals surface area contributed by atoms with Gasteiger partial charge in [-0.25, -0.2) is 4.79 Å². The number of alkyl carbamates (subject to hydrolysis) is 1. The average molecular weight is 225 g/mol. The Hall–Kier alpha value is -0.730. The van der Waals surface area contributed by atoms with Crippen molar-refractivity contribution >= 4 is 6.09 Å². The lowest BCUT2D eigenvalue weighted by molar-refractivity contribution is 0.0463. The van der Waals surface area contributed by atoms with Crippen molar-refractivity contribution in [2.45, 2.75) is 64.5 Å². The number of amides is 1. The summed E-state index contributed by atoms with van der Waals surface area (Å²) in [6, 6.07) is 0.378. The first-order valence-electron chi connectivity index (χ1n) is 6.45. The van der Waals surface area contributed by atoms with E-state index in [2.05, 4.69) is 5.32 Å². The topological polar surface area (TPSA) is 38.3 Å². The van der Waals surface area contributed by atoms with Gasteiger partial charge in [-0.1, -0.05) is 6.42 Å². The average Bonchev–Trinajstić information content (AvgIpc) is 2.39. The van der Waals surface area contributed by atoms with E-state index in [1.807, 2.05) is 20.8 Å². The SMILES string of the molecule is CC(C)(C)OC(=O)NC1[C@@H]2CCC[C@H]1CC2. The molecule has 3 atom stereocenters. The van der Waals surface area contributed by atoms with Crippen LogP contribution in [0.5, 0.6) is 0 Å². The minimum Gasteiger partial charge on any atom is -0.444 e. The predicted octanol–water partition coefficient (Wildman–Crippen LogP) is 3.09. The van der Waals surface area contributed by atoms with Crippen LogP contribution < -0.4 is 5.32 Å². The van der Waals surface area contributed by atoms with Gasteiger partial charge in [-0.15, -0.1) is 0 Å². The fourth-order valence-corrected chi connectivity index (χ4v) is 3.14. The van der Waals surface area contributed by atoms with E-state index in [-0.39, 0.29) is 6.09 Å². The Morgan fingerprint density at radius 3 is 2.19 bits per heavy atom. The summed E-state index contributed by atoms with van der Waals surface area (Å²) in [6.07, 6.45) is 6.21. The lowest BCUT2D eigenvalue weighted by atomic mass is 9.84. The number of nitrogens with one attached hydrogen (secondary N) is 1. The highest BCUT2D eigenvalue weighted by atomic mass is 16.6. The predicted molar refractivity (Wildman–Crippen MR) is 63.2 cm³/mol. The fraction of sp³-hybridized carbons (Fsp3) is 0.923. The number of fused-ring (bicyclic) bond motifs is 2. The number of carbonyl (C=O) groups is 1. The van der Waals surface area contributed by atoms with Crippen LogP contribution in [0.3, 0.4) is 0 Å². The summed E-state index contributed by atoms with van der Waals surface area (Å²) < 4.78 is 5.31. The summed E-state index contributed by atoms with van der Waals surface area (Å²) in [5, 5.41) is 3.08. The van der Waals surface area contributed by atoms with Crippen molar-refractivity contribution in [2.75, 3.05) is 0 Å². The largest absolute Gasteiger partial charge is 0.444 e. The van der Waals surface area contributed by atoms with Crippen LogP contribution in [-0.4, -0.2) is 17.7 Å². The molecule has 92 valence electrons. The molecule has 0 spiro atoms. The van der Waals surface area contributed by atoms with E-state index in [4.69, 9.17) is 4.74 Å². The second-order valence-corrected chi connectivity index (χ2v) is 6.20. The monoisotopic (exact) mass is 225 g/mol. The number of rotatable bonds is 1. The maximum absolute atomic E-state index is 11.7. The van der Waals surface area contributed by atoms with Gasteiger partial charge in [0.2, 0.25) is 0 Å². The molecule has 16 heavy (non-hydrogen) atoms. The second-order valence-electron chi connectivity index (χ2n) is 6.20. The van der Waals surface area contributed by atoms with Crippen LogP contribution in [0.4, 0.5) is 4.79 Å². The standard InChI is InChI=1S/C13H23NO2/c1-13(2,3)16-12(15)14-11-9-5-4-6-10(11)8-7-9/h9-11H,4-8H2,1-3H3,(H,14,15)/t9-,10+,11?. The molecule has 3 heteroatoms. The van der Waals surface area contributed by atoms with Gasteiger partial charge in [-0.3, -0.25) is 0 Å². The van der Waals surface area contributed by atoms with Crippen LogP contribution >= 0.6 is 0 Å². The molecule has 0 aromatic heterocycles. The molecule has 3 nitrogen and oxygen atoms in total. The van der Waals surface area contributed by atoms with Gasteiger partial charge in [0.25, 0.3) is 0 Å². The molecule has 0 aromatic rings. The molecule has 0 radical (unpaired) electrons. The van der Waals surface area contributed by atoms with Crippen molar-refractivity contribution in [2.24, 2.45) is 11.8 Å². The molecule has 2 aliphatic carbocycles. The first kappa shape index (κ1) is 11.7. The molecular formula is C13H23NO2. The zero-order valence-corrected chi connectivity index (χ0v) is 10.6. The number of carbonyl (C=O) groups excluding carboxylic acids is 1. The van der Waals surface area contributed by atoms with Gasteiger partial charge in [0, 0.05) is 6.04 Å². The Bertz CT molecular complexity index is 254. The smallest absolute Gasteiger partial charge is 0.407 e. The van der Waals surface area contributed by atoms with E-state index in [0.29, 0.717) is 17.9 Å². The van der Waals surface area contributed by atoms with Crippen molar-refractivity contribution in [3.05, 3.63) is 0 Å². The lowest BCUT2D eigenvalue weighted by Crippen LogP contribution is -2.45. The molecule has 0 saturated heterocycles.